The highest BCUT2D eigenvalue weighted by atomic mass is 16.5. The maximum Gasteiger partial charge on any atom is 0.251 e. The number of benzene rings is 1. The number of nitrogens with one attached hydrogen (secondary N) is 2. The van der Waals surface area contributed by atoms with Gasteiger partial charge in [0.25, 0.3) is 5.91 Å². The molecule has 144 valence electrons. The van der Waals surface area contributed by atoms with Crippen molar-refractivity contribution in [1.82, 2.24) is 15.3 Å². The molecule has 1 saturated carbocycles. The summed E-state index contributed by atoms with van der Waals surface area (Å²) in [6, 6.07) is 5.75. The second-order valence-corrected chi connectivity index (χ2v) is 7.46. The van der Waals surface area contributed by atoms with Crippen molar-refractivity contribution in [3.8, 4) is 0 Å². The molecule has 1 saturated heterocycles. The molecule has 2 aromatic rings. The number of carbonyl (C=O) groups excluding carboxylic acids is 1. The highest BCUT2D eigenvalue weighted by molar-refractivity contribution is 5.97. The first-order chi connectivity index (χ1) is 13.2. The van der Waals surface area contributed by atoms with Crippen LogP contribution in [0, 0.1) is 0 Å². The summed E-state index contributed by atoms with van der Waals surface area (Å²) < 4.78 is 5.54. The van der Waals surface area contributed by atoms with Gasteiger partial charge >= 0.3 is 0 Å². The van der Waals surface area contributed by atoms with Crippen LogP contribution in [0.25, 0.3) is 10.9 Å². The molecule has 2 fully saturated rings. The number of nitrogens with zero attached hydrogens (tertiary/aromatic N) is 2. The zero-order valence-corrected chi connectivity index (χ0v) is 15.4. The number of carbonyl (C=O) groups is 1. The van der Waals surface area contributed by atoms with E-state index in [1.54, 1.807) is 18.3 Å². The Hall–Kier alpha value is -2.25. The van der Waals surface area contributed by atoms with Gasteiger partial charge in [-0.2, -0.15) is 0 Å². The fourth-order valence-corrected chi connectivity index (χ4v) is 3.75. The minimum Gasteiger partial charge on any atom is -0.393 e. The number of amides is 1. The molecular weight excluding hydrogens is 344 g/mol. The quantitative estimate of drug-likeness (QED) is 0.747. The van der Waals surface area contributed by atoms with Gasteiger partial charge in [-0.3, -0.25) is 4.79 Å². The number of aliphatic hydroxyl groups excluding tert-OH is 1. The maximum atomic E-state index is 12.4. The van der Waals surface area contributed by atoms with Crippen LogP contribution in [-0.4, -0.2) is 52.4 Å². The van der Waals surface area contributed by atoms with Gasteiger partial charge in [-0.15, -0.1) is 0 Å². The predicted octanol–water partition coefficient (Wildman–Crippen LogP) is 2.25. The van der Waals surface area contributed by atoms with Gasteiger partial charge in [0, 0.05) is 36.3 Å². The van der Waals surface area contributed by atoms with E-state index in [1.807, 2.05) is 6.07 Å². The van der Waals surface area contributed by atoms with Gasteiger partial charge in [-0.1, -0.05) is 6.07 Å². The lowest BCUT2D eigenvalue weighted by Gasteiger charge is -2.26. The lowest BCUT2D eigenvalue weighted by molar-refractivity contribution is 0.0858. The van der Waals surface area contributed by atoms with Crippen molar-refractivity contribution in [3.63, 3.8) is 0 Å². The number of ether oxygens (including phenoxy) is 1. The van der Waals surface area contributed by atoms with Crippen molar-refractivity contribution in [3.05, 3.63) is 30.0 Å². The fraction of sp³-hybridized carbons (Fsp3) is 0.550. The predicted molar refractivity (Wildman–Crippen MR) is 103 cm³/mol. The van der Waals surface area contributed by atoms with Crippen molar-refractivity contribution in [2.75, 3.05) is 18.5 Å². The van der Waals surface area contributed by atoms with E-state index >= 15 is 0 Å². The van der Waals surface area contributed by atoms with Gasteiger partial charge in [-0.05, 0) is 50.7 Å². The lowest BCUT2D eigenvalue weighted by Crippen LogP contribution is -2.31. The van der Waals surface area contributed by atoms with E-state index in [1.165, 1.54) is 0 Å². The zero-order valence-electron chi connectivity index (χ0n) is 15.4. The lowest BCUT2D eigenvalue weighted by atomic mass is 9.93. The Labute approximate surface area is 158 Å². The third kappa shape index (κ3) is 4.54. The molecule has 1 amide bonds. The number of rotatable bonds is 5. The molecule has 2 heterocycles. The minimum absolute atomic E-state index is 0.109. The summed E-state index contributed by atoms with van der Waals surface area (Å²) in [6.07, 6.45) is 7.21. The van der Waals surface area contributed by atoms with Crippen molar-refractivity contribution in [1.29, 1.82) is 0 Å². The van der Waals surface area contributed by atoms with Crippen molar-refractivity contribution in [2.45, 2.75) is 56.8 Å². The normalized spacial score (nSPS) is 25.4. The highest BCUT2D eigenvalue weighted by Gasteiger charge is 2.20. The molecule has 1 aromatic carbocycles. The second-order valence-electron chi connectivity index (χ2n) is 7.46. The van der Waals surface area contributed by atoms with Gasteiger partial charge < -0.3 is 20.5 Å². The molecule has 2 aliphatic rings. The summed E-state index contributed by atoms with van der Waals surface area (Å²) in [6.45, 7) is 1.32. The van der Waals surface area contributed by atoms with Crippen LogP contribution in [0.3, 0.4) is 0 Å². The SMILES string of the molecule is O=C(NCC1CCCO1)c1ccc2cnc(NC3CCC(O)CC3)nc2c1. The van der Waals surface area contributed by atoms with Crippen molar-refractivity contribution in [2.24, 2.45) is 0 Å². The Kier molecular flexibility index (Phi) is 5.50. The largest absolute Gasteiger partial charge is 0.393 e. The van der Waals surface area contributed by atoms with Crippen LogP contribution in [0.2, 0.25) is 0 Å². The van der Waals surface area contributed by atoms with Crippen LogP contribution >= 0.6 is 0 Å². The van der Waals surface area contributed by atoms with Crippen LogP contribution < -0.4 is 10.6 Å². The number of fused-ring (bicyclic) bond motifs is 1. The van der Waals surface area contributed by atoms with E-state index in [2.05, 4.69) is 20.6 Å². The third-order valence-electron chi connectivity index (χ3n) is 5.39. The minimum atomic E-state index is -0.184. The molecule has 1 aliphatic heterocycles. The van der Waals surface area contributed by atoms with E-state index in [4.69, 9.17) is 4.74 Å². The highest BCUT2D eigenvalue weighted by Crippen LogP contribution is 2.22. The van der Waals surface area contributed by atoms with Crippen LogP contribution in [0.4, 0.5) is 5.95 Å². The van der Waals surface area contributed by atoms with E-state index < -0.39 is 0 Å². The summed E-state index contributed by atoms with van der Waals surface area (Å²) in [7, 11) is 0. The molecule has 7 nitrogen and oxygen atoms in total. The van der Waals surface area contributed by atoms with E-state index in [0.717, 1.165) is 56.0 Å². The molecule has 7 heteroatoms. The molecule has 0 bridgehead atoms. The maximum absolute atomic E-state index is 12.4. The van der Waals surface area contributed by atoms with Gasteiger partial charge in [0.1, 0.15) is 0 Å². The first-order valence-corrected chi connectivity index (χ1v) is 9.78. The molecule has 0 spiro atoms. The topological polar surface area (TPSA) is 96.4 Å². The summed E-state index contributed by atoms with van der Waals surface area (Å²) in [5.74, 6) is 0.461. The molecule has 27 heavy (non-hydrogen) atoms. The summed E-state index contributed by atoms with van der Waals surface area (Å²) >= 11 is 0. The Balaban J connectivity index is 1.43. The zero-order chi connectivity index (χ0) is 18.6. The van der Waals surface area contributed by atoms with Gasteiger partial charge in [0.05, 0.1) is 17.7 Å². The van der Waals surface area contributed by atoms with Gasteiger partial charge in [0.2, 0.25) is 5.95 Å². The van der Waals surface area contributed by atoms with Crippen LogP contribution in [0.5, 0.6) is 0 Å². The number of hydrogen-bond acceptors (Lipinski definition) is 6. The smallest absolute Gasteiger partial charge is 0.251 e. The van der Waals surface area contributed by atoms with E-state index in [0.29, 0.717) is 18.1 Å². The van der Waals surface area contributed by atoms with Crippen LogP contribution in [-0.2, 0) is 4.74 Å². The molecule has 1 aromatic heterocycles. The number of aliphatic hydroxyl groups is 1. The summed E-state index contributed by atoms with van der Waals surface area (Å²) in [5, 5.41) is 16.8. The average molecular weight is 370 g/mol. The molecule has 0 radical (unpaired) electrons. The molecular formula is C20H26N4O3. The molecule has 3 N–H and O–H groups in total. The average Bonchev–Trinajstić information content (AvgIpc) is 3.21. The first kappa shape index (κ1) is 18.1. The monoisotopic (exact) mass is 370 g/mol. The molecule has 1 aliphatic carbocycles. The number of aromatic nitrogens is 2. The van der Waals surface area contributed by atoms with Crippen molar-refractivity contribution < 1.29 is 14.6 Å². The van der Waals surface area contributed by atoms with E-state index in [9.17, 15) is 9.90 Å². The molecule has 1 unspecified atom stereocenters. The third-order valence-corrected chi connectivity index (χ3v) is 5.39. The first-order valence-electron chi connectivity index (χ1n) is 9.78. The van der Waals surface area contributed by atoms with Crippen molar-refractivity contribution >= 4 is 22.8 Å². The summed E-state index contributed by atoms with van der Waals surface area (Å²) in [4.78, 5) is 21.4. The number of hydrogen-bond donors (Lipinski definition) is 3. The van der Waals surface area contributed by atoms with Crippen LogP contribution in [0.15, 0.2) is 24.4 Å². The second kappa shape index (κ2) is 8.19. The molecule has 1 atom stereocenters. The Morgan fingerprint density at radius 1 is 1.22 bits per heavy atom. The Morgan fingerprint density at radius 3 is 2.85 bits per heavy atom. The Morgan fingerprint density at radius 2 is 2.07 bits per heavy atom. The fourth-order valence-electron chi connectivity index (χ4n) is 3.75. The summed E-state index contributed by atoms with van der Waals surface area (Å²) in [5.41, 5.74) is 1.33. The van der Waals surface area contributed by atoms with Gasteiger partial charge in [-0.25, -0.2) is 9.97 Å². The number of anilines is 1. The van der Waals surface area contributed by atoms with Crippen LogP contribution in [0.1, 0.15) is 48.9 Å². The standard InChI is InChI=1S/C20H26N4O3/c25-16-7-5-15(6-8-16)23-20-22-11-14-4-3-13(10-18(14)24-20)19(26)21-12-17-2-1-9-27-17/h3-4,10-11,15-17,25H,1-2,5-9,12H2,(H,21,26)(H,22,23,24). The molecule has 4 rings (SSSR count). The van der Waals surface area contributed by atoms with Gasteiger partial charge in [0.15, 0.2) is 0 Å². The Bertz CT molecular complexity index is 799. The van der Waals surface area contributed by atoms with E-state index in [-0.39, 0.29) is 24.2 Å².